The predicted molar refractivity (Wildman–Crippen MR) is 41.7 cm³/mol. The molecule has 56 valence electrons. The summed E-state index contributed by atoms with van der Waals surface area (Å²) in [5.74, 6) is 0. The van der Waals surface area contributed by atoms with Crippen molar-refractivity contribution >= 4 is 60.9 Å². The van der Waals surface area contributed by atoms with Gasteiger partial charge >= 0.3 is 0 Å². The summed E-state index contributed by atoms with van der Waals surface area (Å²) in [6.07, 6.45) is 0. The third-order valence-corrected chi connectivity index (χ3v) is 0.1000. The second-order valence-electron chi connectivity index (χ2n) is 0.447. The molecule has 0 rings (SSSR count). The molecule has 0 heterocycles. The van der Waals surface area contributed by atoms with Crippen molar-refractivity contribution in [3.8, 4) is 0 Å². The fourth-order valence-corrected chi connectivity index (χ4v) is 0. The van der Waals surface area contributed by atoms with Crippen LogP contribution in [0.25, 0.3) is 0 Å². The SMILES string of the molecule is Cl.Cl.Cl.OCCO.[Te]. The molecular formula is C2H9Cl3O2Te. The van der Waals surface area contributed by atoms with Crippen molar-refractivity contribution in [2.45, 2.75) is 0 Å². The van der Waals surface area contributed by atoms with E-state index in [1.807, 2.05) is 0 Å². The number of aliphatic hydroxyl groups is 2. The maximum atomic E-state index is 7.62. The van der Waals surface area contributed by atoms with Gasteiger partial charge in [0.2, 0.25) is 0 Å². The Morgan fingerprint density at radius 1 is 0.750 bits per heavy atom. The average molecular weight is 299 g/mol. The van der Waals surface area contributed by atoms with E-state index in [9.17, 15) is 0 Å². The van der Waals surface area contributed by atoms with Gasteiger partial charge in [-0.25, -0.2) is 0 Å². The molecular weight excluding hydrogens is 290 g/mol. The molecule has 0 aromatic carbocycles. The van der Waals surface area contributed by atoms with Crippen molar-refractivity contribution < 1.29 is 10.2 Å². The van der Waals surface area contributed by atoms with Gasteiger partial charge in [-0.05, 0) is 0 Å². The monoisotopic (exact) mass is 300 g/mol. The Balaban J connectivity index is -0.00000000750. The summed E-state index contributed by atoms with van der Waals surface area (Å²) >= 11 is 0. The van der Waals surface area contributed by atoms with E-state index in [0.29, 0.717) is 0 Å². The third-order valence-electron chi connectivity index (χ3n) is 0.1000. The first-order chi connectivity index (χ1) is 1.91. The molecule has 2 radical (unpaired) electrons. The van der Waals surface area contributed by atoms with Crippen molar-refractivity contribution in [2.24, 2.45) is 0 Å². The largest absolute Gasteiger partial charge is 0.394 e. The van der Waals surface area contributed by atoms with Gasteiger partial charge < -0.3 is 10.2 Å². The summed E-state index contributed by atoms with van der Waals surface area (Å²) in [4.78, 5) is 0. The van der Waals surface area contributed by atoms with E-state index < -0.39 is 0 Å². The van der Waals surface area contributed by atoms with Crippen molar-refractivity contribution in [3.05, 3.63) is 0 Å². The first-order valence-electron chi connectivity index (χ1n) is 1.13. The van der Waals surface area contributed by atoms with Crippen molar-refractivity contribution in [3.63, 3.8) is 0 Å². The van der Waals surface area contributed by atoms with E-state index in [1.54, 1.807) is 0 Å². The number of hydrogen-bond donors (Lipinski definition) is 2. The Hall–Kier alpha value is 1.58. The molecule has 0 unspecified atom stereocenters. The summed E-state index contributed by atoms with van der Waals surface area (Å²) in [5, 5.41) is 15.2. The molecule has 0 fully saturated rings. The van der Waals surface area contributed by atoms with Crippen molar-refractivity contribution in [1.29, 1.82) is 0 Å². The van der Waals surface area contributed by atoms with Crippen LogP contribution in [0.2, 0.25) is 0 Å². The van der Waals surface area contributed by atoms with E-state index >= 15 is 0 Å². The molecule has 2 nitrogen and oxygen atoms in total. The van der Waals surface area contributed by atoms with Crippen LogP contribution >= 0.6 is 37.2 Å². The van der Waals surface area contributed by atoms with Crippen LogP contribution in [0.1, 0.15) is 0 Å². The summed E-state index contributed by atoms with van der Waals surface area (Å²) in [6.45, 7) is -0.250. The van der Waals surface area contributed by atoms with Gasteiger partial charge in [0, 0.05) is 23.7 Å². The van der Waals surface area contributed by atoms with Crippen LogP contribution in [0.5, 0.6) is 0 Å². The Labute approximate surface area is 84.0 Å². The summed E-state index contributed by atoms with van der Waals surface area (Å²) in [7, 11) is 0. The molecule has 0 amide bonds. The molecule has 0 aliphatic heterocycles. The number of hydrogen-bond acceptors (Lipinski definition) is 2. The minimum atomic E-state index is -0.125. The van der Waals surface area contributed by atoms with Crippen LogP contribution in [-0.4, -0.2) is 47.1 Å². The molecule has 0 aromatic rings. The molecule has 2 N–H and O–H groups in total. The maximum Gasteiger partial charge on any atom is 0.0662 e. The van der Waals surface area contributed by atoms with Crippen LogP contribution in [0.3, 0.4) is 0 Å². The van der Waals surface area contributed by atoms with Gasteiger partial charge in [0.05, 0.1) is 13.2 Å². The fraction of sp³-hybridized carbons (Fsp3) is 1.00. The Morgan fingerprint density at radius 2 is 0.875 bits per heavy atom. The maximum absolute atomic E-state index is 7.62. The van der Waals surface area contributed by atoms with Crippen LogP contribution < -0.4 is 0 Å². The zero-order chi connectivity index (χ0) is 3.41. The Bertz CT molecular complexity index is 17.2. The first kappa shape index (κ1) is 33.6. The number of rotatable bonds is 1. The Kier molecular flexibility index (Phi) is 162. The van der Waals surface area contributed by atoms with E-state index in [-0.39, 0.29) is 74.1 Å². The fourth-order valence-electron chi connectivity index (χ4n) is 0. The molecule has 6 heteroatoms. The average Bonchev–Trinajstić information content (AvgIpc) is 1.37. The second-order valence-corrected chi connectivity index (χ2v) is 0.447. The van der Waals surface area contributed by atoms with Crippen molar-refractivity contribution in [1.82, 2.24) is 0 Å². The van der Waals surface area contributed by atoms with E-state index in [4.69, 9.17) is 10.2 Å². The first-order valence-corrected chi connectivity index (χ1v) is 1.13. The minimum absolute atomic E-state index is 0. The minimum Gasteiger partial charge on any atom is -0.394 e. The van der Waals surface area contributed by atoms with Gasteiger partial charge in [0.25, 0.3) is 0 Å². The molecule has 0 saturated heterocycles. The predicted octanol–water partition coefficient (Wildman–Crippen LogP) is -0.144. The van der Waals surface area contributed by atoms with Gasteiger partial charge in [-0.1, -0.05) is 0 Å². The molecule has 0 atom stereocenters. The molecule has 0 aliphatic carbocycles. The van der Waals surface area contributed by atoms with E-state index in [0.717, 1.165) is 0 Å². The van der Waals surface area contributed by atoms with Gasteiger partial charge in [0.1, 0.15) is 0 Å². The van der Waals surface area contributed by atoms with Gasteiger partial charge in [-0.2, -0.15) is 0 Å². The summed E-state index contributed by atoms with van der Waals surface area (Å²) < 4.78 is 0. The quantitative estimate of drug-likeness (QED) is 0.662. The smallest absolute Gasteiger partial charge is 0.0662 e. The normalized spacial score (nSPS) is 3.75. The molecule has 0 aliphatic rings. The van der Waals surface area contributed by atoms with Gasteiger partial charge in [-0.3, -0.25) is 0 Å². The van der Waals surface area contributed by atoms with Crippen molar-refractivity contribution in [2.75, 3.05) is 13.2 Å². The van der Waals surface area contributed by atoms with Crippen LogP contribution in [0.15, 0.2) is 0 Å². The number of aliphatic hydroxyl groups excluding tert-OH is 2. The summed E-state index contributed by atoms with van der Waals surface area (Å²) in [5.41, 5.74) is 0. The van der Waals surface area contributed by atoms with E-state index in [2.05, 4.69) is 0 Å². The third kappa shape index (κ3) is 49.3. The van der Waals surface area contributed by atoms with Crippen LogP contribution in [-0.2, 0) is 0 Å². The molecule has 0 saturated carbocycles. The standard InChI is InChI=1S/C2H6O2.3ClH.Te/c3-1-2-4;;;;/h3-4H,1-2H2;3*1H;. The van der Waals surface area contributed by atoms with Gasteiger partial charge in [-0.15, -0.1) is 37.2 Å². The van der Waals surface area contributed by atoms with Gasteiger partial charge in [0.15, 0.2) is 0 Å². The van der Waals surface area contributed by atoms with Crippen LogP contribution in [0.4, 0.5) is 0 Å². The zero-order valence-corrected chi connectivity index (χ0v) is 8.72. The molecule has 0 aromatic heterocycles. The van der Waals surface area contributed by atoms with E-state index in [1.165, 1.54) is 0 Å². The zero-order valence-electron chi connectivity index (χ0n) is 3.94. The number of halogens is 3. The van der Waals surface area contributed by atoms with Crippen LogP contribution in [0, 0.1) is 0 Å². The second kappa shape index (κ2) is 38.5. The molecule has 0 bridgehead atoms. The molecule has 8 heavy (non-hydrogen) atoms. The topological polar surface area (TPSA) is 40.5 Å². The molecule has 0 spiro atoms. The summed E-state index contributed by atoms with van der Waals surface area (Å²) in [6, 6.07) is 0. The Morgan fingerprint density at radius 3 is 0.875 bits per heavy atom.